The molecule has 0 saturated heterocycles. The molecule has 0 aliphatic rings. The molecule has 0 bridgehead atoms. The predicted octanol–water partition coefficient (Wildman–Crippen LogP) is 5.51. The third-order valence-corrected chi connectivity index (χ3v) is 4.35. The van der Waals surface area contributed by atoms with E-state index in [9.17, 15) is 18.4 Å². The van der Waals surface area contributed by atoms with Gasteiger partial charge in [-0.3, -0.25) is 0 Å². The van der Waals surface area contributed by atoms with Gasteiger partial charge in [0.25, 0.3) is 0 Å². The second-order valence-electron chi connectivity index (χ2n) is 6.32. The molecule has 0 aliphatic heterocycles. The molecule has 0 amide bonds. The number of hydrogen-bond acceptors (Lipinski definition) is 3. The normalized spacial score (nSPS) is 11.3. The number of benzene rings is 2. The Morgan fingerprint density at radius 1 is 0.963 bits per heavy atom. The average Bonchev–Trinajstić information content (AvgIpc) is 2.62. The van der Waals surface area contributed by atoms with E-state index in [1.54, 1.807) is 6.07 Å². The molecule has 3 nitrogen and oxygen atoms in total. The standard InChI is InChI=1S/C21H16F3N3/c1-12-3-4-13(2)16(9-12)19-10-17(18(11-25)20(26)27-19)14-5-7-15(8-6-14)21(22,23)24/h3-10H,1-2H3,(H2,26,27). The molecule has 2 N–H and O–H groups in total. The van der Waals surface area contributed by atoms with Gasteiger partial charge in [0.1, 0.15) is 17.5 Å². The van der Waals surface area contributed by atoms with Gasteiger partial charge in [0.05, 0.1) is 11.3 Å². The number of nitrogens with two attached hydrogens (primary N) is 1. The number of hydrogen-bond donors (Lipinski definition) is 1. The Balaban J connectivity index is 2.19. The van der Waals surface area contributed by atoms with Crippen molar-refractivity contribution < 1.29 is 13.2 Å². The Kier molecular flexibility index (Phi) is 4.63. The van der Waals surface area contributed by atoms with E-state index in [2.05, 4.69) is 4.98 Å². The molecular formula is C21H16F3N3. The zero-order valence-electron chi connectivity index (χ0n) is 14.7. The van der Waals surface area contributed by atoms with Gasteiger partial charge in [0, 0.05) is 11.1 Å². The largest absolute Gasteiger partial charge is 0.416 e. The fraction of sp³-hybridized carbons (Fsp3) is 0.143. The highest BCUT2D eigenvalue weighted by Crippen LogP contribution is 2.35. The van der Waals surface area contributed by atoms with Crippen LogP contribution in [0.15, 0.2) is 48.5 Å². The Bertz CT molecular complexity index is 1050. The van der Waals surface area contributed by atoms with Crippen LogP contribution in [0.2, 0.25) is 0 Å². The van der Waals surface area contributed by atoms with Crippen molar-refractivity contribution in [2.24, 2.45) is 0 Å². The molecule has 0 radical (unpaired) electrons. The molecule has 0 saturated carbocycles. The summed E-state index contributed by atoms with van der Waals surface area (Å²) in [7, 11) is 0. The van der Waals surface area contributed by atoms with Gasteiger partial charge in [-0.1, -0.05) is 29.8 Å². The van der Waals surface area contributed by atoms with Gasteiger partial charge in [-0.2, -0.15) is 18.4 Å². The number of nitrogen functional groups attached to an aromatic ring is 1. The summed E-state index contributed by atoms with van der Waals surface area (Å²) in [5, 5.41) is 9.45. The quantitative estimate of drug-likeness (QED) is 0.650. The highest BCUT2D eigenvalue weighted by atomic mass is 19.4. The first kappa shape index (κ1) is 18.5. The Hall–Kier alpha value is -3.33. The number of aryl methyl sites for hydroxylation is 2. The summed E-state index contributed by atoms with van der Waals surface area (Å²) in [6, 6.07) is 14.2. The third-order valence-electron chi connectivity index (χ3n) is 4.35. The molecule has 0 unspecified atom stereocenters. The second-order valence-corrected chi connectivity index (χ2v) is 6.32. The monoisotopic (exact) mass is 367 g/mol. The molecule has 3 rings (SSSR count). The zero-order chi connectivity index (χ0) is 19.8. The molecule has 3 aromatic rings. The average molecular weight is 367 g/mol. The van der Waals surface area contributed by atoms with Crippen LogP contribution in [-0.2, 0) is 6.18 Å². The number of nitriles is 1. The van der Waals surface area contributed by atoms with E-state index in [1.165, 1.54) is 12.1 Å². The number of anilines is 1. The number of pyridine rings is 1. The van der Waals surface area contributed by atoms with Crippen LogP contribution < -0.4 is 5.73 Å². The summed E-state index contributed by atoms with van der Waals surface area (Å²) in [5.41, 5.74) is 9.75. The highest BCUT2D eigenvalue weighted by Gasteiger charge is 2.30. The number of nitrogens with zero attached hydrogens (tertiary/aromatic N) is 2. The molecule has 1 aromatic heterocycles. The fourth-order valence-electron chi connectivity index (χ4n) is 2.90. The van der Waals surface area contributed by atoms with Crippen LogP contribution in [0.1, 0.15) is 22.3 Å². The molecular weight excluding hydrogens is 351 g/mol. The van der Waals surface area contributed by atoms with Crippen molar-refractivity contribution >= 4 is 5.82 Å². The smallest absolute Gasteiger partial charge is 0.383 e. The summed E-state index contributed by atoms with van der Waals surface area (Å²) >= 11 is 0. The van der Waals surface area contributed by atoms with Gasteiger partial charge in [-0.15, -0.1) is 0 Å². The van der Waals surface area contributed by atoms with Crippen molar-refractivity contribution in [1.82, 2.24) is 4.98 Å². The lowest BCUT2D eigenvalue weighted by atomic mass is 9.95. The summed E-state index contributed by atoms with van der Waals surface area (Å²) < 4.78 is 38.5. The maximum absolute atomic E-state index is 12.8. The van der Waals surface area contributed by atoms with Crippen molar-refractivity contribution in [2.75, 3.05) is 5.73 Å². The summed E-state index contributed by atoms with van der Waals surface area (Å²) in [5.74, 6) is 0.0470. The SMILES string of the molecule is Cc1ccc(C)c(-c2cc(-c3ccc(C(F)(F)F)cc3)c(C#N)c(N)n2)c1. The van der Waals surface area contributed by atoms with Gasteiger partial charge in [0.2, 0.25) is 0 Å². The van der Waals surface area contributed by atoms with Crippen molar-refractivity contribution in [2.45, 2.75) is 20.0 Å². The van der Waals surface area contributed by atoms with Crippen molar-refractivity contribution in [3.05, 3.63) is 70.8 Å². The highest BCUT2D eigenvalue weighted by molar-refractivity contribution is 5.81. The maximum atomic E-state index is 12.8. The molecule has 0 fully saturated rings. The predicted molar refractivity (Wildman–Crippen MR) is 98.7 cm³/mol. The van der Waals surface area contributed by atoms with E-state index in [0.717, 1.165) is 28.8 Å². The molecule has 6 heteroatoms. The van der Waals surface area contributed by atoms with Gasteiger partial charge < -0.3 is 5.73 Å². The Labute approximate surface area is 154 Å². The van der Waals surface area contributed by atoms with Crippen LogP contribution >= 0.6 is 0 Å². The number of rotatable bonds is 2. The summed E-state index contributed by atoms with van der Waals surface area (Å²) in [4.78, 5) is 4.33. The Morgan fingerprint density at radius 3 is 2.22 bits per heavy atom. The number of aromatic nitrogens is 1. The van der Waals surface area contributed by atoms with Gasteiger partial charge in [0.15, 0.2) is 0 Å². The topological polar surface area (TPSA) is 62.7 Å². The molecule has 2 aromatic carbocycles. The minimum absolute atomic E-state index is 0.0470. The lowest BCUT2D eigenvalue weighted by Gasteiger charge is -2.13. The zero-order valence-corrected chi connectivity index (χ0v) is 14.7. The van der Waals surface area contributed by atoms with E-state index >= 15 is 0 Å². The van der Waals surface area contributed by atoms with Crippen LogP contribution in [0, 0.1) is 25.2 Å². The van der Waals surface area contributed by atoms with E-state index in [0.29, 0.717) is 16.8 Å². The third kappa shape index (κ3) is 3.63. The molecule has 136 valence electrons. The van der Waals surface area contributed by atoms with Gasteiger partial charge in [-0.05, 0) is 49.2 Å². The number of alkyl halides is 3. The first-order chi connectivity index (χ1) is 12.7. The van der Waals surface area contributed by atoms with Crippen LogP contribution in [0.3, 0.4) is 0 Å². The van der Waals surface area contributed by atoms with E-state index in [1.807, 2.05) is 38.1 Å². The van der Waals surface area contributed by atoms with Gasteiger partial charge in [-0.25, -0.2) is 4.98 Å². The van der Waals surface area contributed by atoms with Crippen LogP contribution in [0.25, 0.3) is 22.4 Å². The van der Waals surface area contributed by atoms with Crippen molar-refractivity contribution in [1.29, 1.82) is 5.26 Å². The van der Waals surface area contributed by atoms with Crippen LogP contribution in [0.4, 0.5) is 19.0 Å². The van der Waals surface area contributed by atoms with E-state index in [4.69, 9.17) is 5.73 Å². The summed E-state index contributed by atoms with van der Waals surface area (Å²) in [6.07, 6.45) is -4.42. The summed E-state index contributed by atoms with van der Waals surface area (Å²) in [6.45, 7) is 3.88. The first-order valence-corrected chi connectivity index (χ1v) is 8.16. The fourth-order valence-corrected chi connectivity index (χ4v) is 2.90. The lowest BCUT2D eigenvalue weighted by Crippen LogP contribution is -2.04. The maximum Gasteiger partial charge on any atom is 0.416 e. The van der Waals surface area contributed by atoms with Crippen LogP contribution in [-0.4, -0.2) is 4.98 Å². The van der Waals surface area contributed by atoms with E-state index < -0.39 is 11.7 Å². The lowest BCUT2D eigenvalue weighted by molar-refractivity contribution is -0.137. The van der Waals surface area contributed by atoms with Crippen molar-refractivity contribution in [3.63, 3.8) is 0 Å². The first-order valence-electron chi connectivity index (χ1n) is 8.16. The minimum atomic E-state index is -4.42. The Morgan fingerprint density at radius 2 is 1.63 bits per heavy atom. The molecule has 1 heterocycles. The van der Waals surface area contributed by atoms with E-state index in [-0.39, 0.29) is 11.4 Å². The minimum Gasteiger partial charge on any atom is -0.383 e. The number of halogens is 3. The van der Waals surface area contributed by atoms with Crippen molar-refractivity contribution in [3.8, 4) is 28.5 Å². The molecule has 0 atom stereocenters. The molecule has 0 spiro atoms. The van der Waals surface area contributed by atoms with Gasteiger partial charge >= 0.3 is 6.18 Å². The second kappa shape index (κ2) is 6.76. The molecule has 0 aliphatic carbocycles. The van der Waals surface area contributed by atoms with Crippen LogP contribution in [0.5, 0.6) is 0 Å². The molecule has 27 heavy (non-hydrogen) atoms.